The van der Waals surface area contributed by atoms with E-state index in [9.17, 15) is 0 Å². The van der Waals surface area contributed by atoms with E-state index in [0.29, 0.717) is 0 Å². The number of thiophene rings is 4. The van der Waals surface area contributed by atoms with Crippen LogP contribution >= 0.6 is 45.3 Å². The molecule has 0 bridgehead atoms. The summed E-state index contributed by atoms with van der Waals surface area (Å²) in [5.74, 6) is 0. The lowest BCUT2D eigenvalue weighted by atomic mass is 9.99. The summed E-state index contributed by atoms with van der Waals surface area (Å²) in [5.41, 5.74) is 0. The minimum Gasteiger partial charge on any atom is -0.144 e. The van der Waals surface area contributed by atoms with Crippen molar-refractivity contribution in [1.29, 1.82) is 0 Å². The summed E-state index contributed by atoms with van der Waals surface area (Å²) in [6.07, 6.45) is 0. The van der Waals surface area contributed by atoms with E-state index in [1.54, 1.807) is 0 Å². The molecule has 4 aromatic carbocycles. The predicted octanol–water partition coefficient (Wildman–Crippen LogP) is 10.0. The van der Waals surface area contributed by atoms with Gasteiger partial charge < -0.3 is 0 Å². The molecule has 0 aliphatic heterocycles. The standard InChI is InChI=1S/C26H12S4/c1-3-19-26(18-12-22-14(6-8-28-22)10-24(18)29-19)16-2-4-20-25(15(1)16)17-11-21-13(5-7-27-21)9-23(17)30-20/h1-12H. The van der Waals surface area contributed by atoms with Crippen molar-refractivity contribution in [2.45, 2.75) is 0 Å². The van der Waals surface area contributed by atoms with E-state index < -0.39 is 0 Å². The van der Waals surface area contributed by atoms with Crippen molar-refractivity contribution in [3.8, 4) is 0 Å². The maximum atomic E-state index is 2.40. The molecule has 30 heavy (non-hydrogen) atoms. The number of hydrogen-bond donors (Lipinski definition) is 0. The van der Waals surface area contributed by atoms with Gasteiger partial charge in [0.2, 0.25) is 0 Å². The lowest BCUT2D eigenvalue weighted by molar-refractivity contribution is 1.95. The van der Waals surface area contributed by atoms with Gasteiger partial charge >= 0.3 is 0 Å². The first-order chi connectivity index (χ1) is 14.8. The third-order valence-corrected chi connectivity index (χ3v) is 10.2. The zero-order chi connectivity index (χ0) is 19.4. The Morgan fingerprint density at radius 2 is 0.900 bits per heavy atom. The summed E-state index contributed by atoms with van der Waals surface area (Å²) in [7, 11) is 0. The topological polar surface area (TPSA) is 0 Å². The number of fused-ring (bicyclic) bond motifs is 11. The van der Waals surface area contributed by atoms with Crippen LogP contribution in [0, 0.1) is 0 Å². The second-order valence-electron chi connectivity index (χ2n) is 7.79. The molecule has 4 aromatic heterocycles. The highest BCUT2D eigenvalue weighted by Gasteiger charge is 2.15. The minimum absolute atomic E-state index is 1.36. The summed E-state index contributed by atoms with van der Waals surface area (Å²) < 4.78 is 8.30. The lowest BCUT2D eigenvalue weighted by Crippen LogP contribution is -1.76. The molecule has 0 aliphatic rings. The first-order valence-corrected chi connectivity index (χ1v) is 13.2. The Labute approximate surface area is 187 Å². The van der Waals surface area contributed by atoms with Crippen molar-refractivity contribution in [2.24, 2.45) is 0 Å². The van der Waals surface area contributed by atoms with Crippen LogP contribution in [0.3, 0.4) is 0 Å². The average molecular weight is 453 g/mol. The summed E-state index contributed by atoms with van der Waals surface area (Å²) in [5, 5.41) is 15.5. The Morgan fingerprint density at radius 3 is 1.40 bits per heavy atom. The lowest BCUT2D eigenvalue weighted by Gasteiger charge is -2.04. The molecule has 8 aromatic rings. The number of hydrogen-bond acceptors (Lipinski definition) is 4. The Balaban J connectivity index is 1.60. The first kappa shape index (κ1) is 16.2. The maximum Gasteiger partial charge on any atom is 0.0362 e. The predicted molar refractivity (Wildman–Crippen MR) is 140 cm³/mol. The molecule has 140 valence electrons. The highest BCUT2D eigenvalue weighted by Crippen LogP contribution is 2.46. The zero-order valence-electron chi connectivity index (χ0n) is 15.6. The van der Waals surface area contributed by atoms with Gasteiger partial charge in [0.15, 0.2) is 0 Å². The molecule has 4 heteroatoms. The van der Waals surface area contributed by atoms with Crippen LogP contribution in [0.5, 0.6) is 0 Å². The van der Waals surface area contributed by atoms with Crippen LogP contribution in [0.25, 0.3) is 71.3 Å². The average Bonchev–Trinajstić information content (AvgIpc) is 3.52. The summed E-state index contributed by atoms with van der Waals surface area (Å²) in [6, 6.07) is 23.4. The molecule has 0 fully saturated rings. The van der Waals surface area contributed by atoms with Gasteiger partial charge in [-0.2, -0.15) is 0 Å². The Morgan fingerprint density at radius 1 is 0.400 bits per heavy atom. The van der Waals surface area contributed by atoms with Crippen molar-refractivity contribution in [2.75, 3.05) is 0 Å². The van der Waals surface area contributed by atoms with Crippen LogP contribution in [-0.4, -0.2) is 0 Å². The second kappa shape index (κ2) is 5.59. The van der Waals surface area contributed by atoms with Gasteiger partial charge in [-0.15, -0.1) is 45.3 Å². The van der Waals surface area contributed by atoms with Crippen LogP contribution in [0.1, 0.15) is 0 Å². The summed E-state index contributed by atoms with van der Waals surface area (Å²) in [4.78, 5) is 0. The highest BCUT2D eigenvalue weighted by molar-refractivity contribution is 7.27. The SMILES string of the molecule is c1cc2cc3sc4ccc5c(ccc6sc7cc8ccsc8cc7c65)c4c3cc2s1. The van der Waals surface area contributed by atoms with Gasteiger partial charge in [0.05, 0.1) is 0 Å². The summed E-state index contributed by atoms with van der Waals surface area (Å²) >= 11 is 7.50. The zero-order valence-corrected chi connectivity index (χ0v) is 18.8. The molecule has 0 nitrogen and oxygen atoms in total. The van der Waals surface area contributed by atoms with Crippen molar-refractivity contribution in [3.63, 3.8) is 0 Å². The number of rotatable bonds is 0. The molecule has 0 saturated carbocycles. The quantitative estimate of drug-likeness (QED) is 0.215. The smallest absolute Gasteiger partial charge is 0.0362 e. The van der Waals surface area contributed by atoms with Crippen molar-refractivity contribution in [1.82, 2.24) is 0 Å². The van der Waals surface area contributed by atoms with E-state index >= 15 is 0 Å². The van der Waals surface area contributed by atoms with E-state index in [2.05, 4.69) is 71.4 Å². The fourth-order valence-electron chi connectivity index (χ4n) is 4.87. The van der Waals surface area contributed by atoms with Crippen molar-refractivity contribution in [3.05, 3.63) is 71.4 Å². The van der Waals surface area contributed by atoms with Crippen molar-refractivity contribution < 1.29 is 0 Å². The van der Waals surface area contributed by atoms with E-state index in [0.717, 1.165) is 0 Å². The van der Waals surface area contributed by atoms with Gasteiger partial charge in [-0.3, -0.25) is 0 Å². The van der Waals surface area contributed by atoms with Crippen LogP contribution in [0.15, 0.2) is 71.4 Å². The van der Waals surface area contributed by atoms with Crippen LogP contribution < -0.4 is 0 Å². The second-order valence-corrected chi connectivity index (χ2v) is 11.9. The van der Waals surface area contributed by atoms with Crippen LogP contribution in [0.4, 0.5) is 0 Å². The Bertz CT molecular complexity index is 1810. The fraction of sp³-hybridized carbons (Fsp3) is 0. The van der Waals surface area contributed by atoms with E-state index in [1.165, 1.54) is 71.3 Å². The van der Waals surface area contributed by atoms with Gasteiger partial charge in [0, 0.05) is 49.7 Å². The normalized spacial score (nSPS) is 12.7. The summed E-state index contributed by atoms with van der Waals surface area (Å²) in [6.45, 7) is 0. The van der Waals surface area contributed by atoms with Gasteiger partial charge in [0.25, 0.3) is 0 Å². The molecule has 8 rings (SSSR count). The molecule has 0 unspecified atom stereocenters. The molecule has 0 spiro atoms. The third kappa shape index (κ3) is 2.00. The maximum absolute atomic E-state index is 2.40. The fourth-order valence-corrected chi connectivity index (χ4v) is 8.79. The molecule has 4 heterocycles. The molecule has 0 N–H and O–H groups in total. The Hall–Kier alpha value is -2.50. The van der Waals surface area contributed by atoms with Gasteiger partial charge in [-0.05, 0) is 80.8 Å². The molecular formula is C26H12S4. The van der Waals surface area contributed by atoms with Gasteiger partial charge in [0.1, 0.15) is 0 Å². The first-order valence-electron chi connectivity index (χ1n) is 9.82. The number of benzene rings is 4. The molecule has 0 amide bonds. The monoisotopic (exact) mass is 452 g/mol. The largest absolute Gasteiger partial charge is 0.144 e. The van der Waals surface area contributed by atoms with E-state index in [4.69, 9.17) is 0 Å². The Kier molecular flexibility index (Phi) is 3.03. The van der Waals surface area contributed by atoms with Crippen LogP contribution in [0.2, 0.25) is 0 Å². The van der Waals surface area contributed by atoms with Gasteiger partial charge in [-0.25, -0.2) is 0 Å². The molecule has 0 atom stereocenters. The van der Waals surface area contributed by atoms with E-state index in [1.807, 2.05) is 45.3 Å². The molecule has 0 radical (unpaired) electrons. The van der Waals surface area contributed by atoms with E-state index in [-0.39, 0.29) is 0 Å². The van der Waals surface area contributed by atoms with Gasteiger partial charge in [-0.1, -0.05) is 12.1 Å². The molecular weight excluding hydrogens is 441 g/mol. The molecule has 0 saturated heterocycles. The van der Waals surface area contributed by atoms with Crippen molar-refractivity contribution >= 4 is 117 Å². The highest BCUT2D eigenvalue weighted by atomic mass is 32.1. The third-order valence-electron chi connectivity index (χ3n) is 6.21. The van der Waals surface area contributed by atoms with Crippen LogP contribution in [-0.2, 0) is 0 Å². The minimum atomic E-state index is 1.36. The molecule has 0 aliphatic carbocycles.